The lowest BCUT2D eigenvalue weighted by Crippen LogP contribution is -2.10. The Morgan fingerprint density at radius 1 is 0.926 bits per heavy atom. The van der Waals surface area contributed by atoms with Gasteiger partial charge in [0.25, 0.3) is 0 Å². The molecule has 1 heterocycles. The second kappa shape index (κ2) is 6.16. The number of nitrogens with zero attached hydrogens (tertiary/aromatic N) is 1. The van der Waals surface area contributed by atoms with Crippen LogP contribution >= 0.6 is 0 Å². The Kier molecular flexibility index (Phi) is 3.91. The van der Waals surface area contributed by atoms with E-state index in [0.717, 1.165) is 28.5 Å². The summed E-state index contributed by atoms with van der Waals surface area (Å²) < 4.78 is 40.8. The highest BCUT2D eigenvalue weighted by atomic mass is 19.4. The molecule has 0 spiro atoms. The van der Waals surface area contributed by atoms with Gasteiger partial charge in [-0.05, 0) is 34.5 Å². The molecule has 6 heteroatoms. The molecule has 0 radical (unpaired) electrons. The average Bonchev–Trinajstić information content (AvgIpc) is 2.99. The van der Waals surface area contributed by atoms with Crippen LogP contribution < -0.4 is 0 Å². The monoisotopic (exact) mass is 369 g/mol. The number of alkyl halides is 3. The highest BCUT2D eigenvalue weighted by molar-refractivity contribution is 5.95. The maximum absolute atomic E-state index is 13.1. The van der Waals surface area contributed by atoms with Gasteiger partial charge in [-0.25, -0.2) is 4.79 Å². The smallest absolute Gasteiger partial charge is 0.416 e. The fourth-order valence-corrected chi connectivity index (χ4v) is 3.38. The molecule has 4 rings (SSSR count). The molecule has 136 valence electrons. The Balaban J connectivity index is 1.93. The van der Waals surface area contributed by atoms with Crippen molar-refractivity contribution in [2.24, 2.45) is 0 Å². The zero-order valence-corrected chi connectivity index (χ0v) is 14.0. The molecule has 0 unspecified atom stereocenters. The van der Waals surface area contributed by atoms with E-state index >= 15 is 0 Å². The summed E-state index contributed by atoms with van der Waals surface area (Å²) in [6, 6.07) is 18.0. The second-order valence-electron chi connectivity index (χ2n) is 6.33. The highest BCUT2D eigenvalue weighted by Gasteiger charge is 2.31. The molecule has 1 aromatic heterocycles. The number of carboxylic acid groups (broad SMARTS) is 1. The summed E-state index contributed by atoms with van der Waals surface area (Å²) in [4.78, 5) is 11.7. The number of halogens is 3. The zero-order chi connectivity index (χ0) is 19.2. The molecule has 4 aromatic rings. The summed E-state index contributed by atoms with van der Waals surface area (Å²) in [7, 11) is 0. The molecule has 1 N–H and O–H groups in total. The van der Waals surface area contributed by atoms with Gasteiger partial charge >= 0.3 is 12.1 Å². The fourth-order valence-electron chi connectivity index (χ4n) is 3.38. The number of rotatable bonds is 3. The standard InChI is InChI=1S/C21H14F3NO2/c22-21(23,24)16-9-8-14-10-19(20(26)27)25(18(14)11-16)12-15-6-3-5-13-4-1-2-7-17(13)15/h1-11H,12H2,(H,26,27). The number of aromatic carboxylic acids is 1. The minimum absolute atomic E-state index is 0.0442. The van der Waals surface area contributed by atoms with Crippen molar-refractivity contribution in [3.63, 3.8) is 0 Å². The largest absolute Gasteiger partial charge is 0.477 e. The summed E-state index contributed by atoms with van der Waals surface area (Å²) in [6.45, 7) is 0.161. The van der Waals surface area contributed by atoms with Crippen molar-refractivity contribution >= 4 is 27.6 Å². The number of carboxylic acids is 1. The van der Waals surface area contributed by atoms with Crippen molar-refractivity contribution in [3.05, 3.63) is 83.6 Å². The van der Waals surface area contributed by atoms with Crippen LogP contribution in [-0.4, -0.2) is 15.6 Å². The van der Waals surface area contributed by atoms with Crippen molar-refractivity contribution in [3.8, 4) is 0 Å². The van der Waals surface area contributed by atoms with Gasteiger partial charge in [-0.15, -0.1) is 0 Å². The molecule has 0 bridgehead atoms. The maximum Gasteiger partial charge on any atom is 0.416 e. The summed E-state index contributed by atoms with van der Waals surface area (Å²) >= 11 is 0. The second-order valence-corrected chi connectivity index (χ2v) is 6.33. The molecule has 0 aliphatic heterocycles. The van der Waals surface area contributed by atoms with Crippen molar-refractivity contribution in [2.75, 3.05) is 0 Å². The molecule has 3 nitrogen and oxygen atoms in total. The van der Waals surface area contributed by atoms with E-state index < -0.39 is 17.7 Å². The van der Waals surface area contributed by atoms with Crippen molar-refractivity contribution in [2.45, 2.75) is 12.7 Å². The molecule has 27 heavy (non-hydrogen) atoms. The third kappa shape index (κ3) is 3.03. The molecular weight excluding hydrogens is 355 g/mol. The van der Waals surface area contributed by atoms with Crippen LogP contribution in [0.5, 0.6) is 0 Å². The Labute approximate surface area is 152 Å². The van der Waals surface area contributed by atoms with Crippen LogP contribution in [0.25, 0.3) is 21.7 Å². The first-order chi connectivity index (χ1) is 12.8. The molecule has 0 aliphatic carbocycles. The lowest BCUT2D eigenvalue weighted by molar-refractivity contribution is -0.137. The number of hydrogen-bond acceptors (Lipinski definition) is 1. The van der Waals surface area contributed by atoms with Gasteiger partial charge in [0.1, 0.15) is 5.69 Å². The normalized spacial score (nSPS) is 12.0. The topological polar surface area (TPSA) is 42.2 Å². The van der Waals surface area contributed by atoms with Crippen LogP contribution in [0.15, 0.2) is 66.7 Å². The van der Waals surface area contributed by atoms with Crippen molar-refractivity contribution in [1.29, 1.82) is 0 Å². The van der Waals surface area contributed by atoms with Gasteiger partial charge in [-0.3, -0.25) is 0 Å². The van der Waals surface area contributed by atoms with E-state index in [-0.39, 0.29) is 17.8 Å². The first-order valence-corrected chi connectivity index (χ1v) is 8.25. The number of aromatic nitrogens is 1. The number of fused-ring (bicyclic) bond motifs is 2. The van der Waals surface area contributed by atoms with E-state index in [1.165, 1.54) is 16.7 Å². The number of benzene rings is 3. The lowest BCUT2D eigenvalue weighted by Gasteiger charge is -2.13. The number of hydrogen-bond donors (Lipinski definition) is 1. The van der Waals surface area contributed by atoms with Crippen LogP contribution in [0, 0.1) is 0 Å². The van der Waals surface area contributed by atoms with Gasteiger partial charge in [0.2, 0.25) is 0 Å². The Bertz CT molecular complexity index is 1170. The van der Waals surface area contributed by atoms with Gasteiger partial charge in [-0.2, -0.15) is 13.2 Å². The van der Waals surface area contributed by atoms with Crippen molar-refractivity contribution < 1.29 is 23.1 Å². The number of carbonyl (C=O) groups is 1. The average molecular weight is 369 g/mol. The van der Waals surface area contributed by atoms with E-state index in [9.17, 15) is 23.1 Å². The molecular formula is C21H14F3NO2. The quantitative estimate of drug-likeness (QED) is 0.514. The third-order valence-electron chi connectivity index (χ3n) is 4.66. The summed E-state index contributed by atoms with van der Waals surface area (Å²) in [5, 5.41) is 11.9. The van der Waals surface area contributed by atoms with E-state index in [1.807, 2.05) is 42.5 Å². The van der Waals surface area contributed by atoms with Gasteiger partial charge in [0.15, 0.2) is 0 Å². The molecule has 3 aromatic carbocycles. The molecule has 0 amide bonds. The maximum atomic E-state index is 13.1. The van der Waals surface area contributed by atoms with E-state index in [2.05, 4.69) is 0 Å². The van der Waals surface area contributed by atoms with Gasteiger partial charge in [0, 0.05) is 17.4 Å². The van der Waals surface area contributed by atoms with Gasteiger partial charge in [0.05, 0.1) is 5.56 Å². The molecule has 0 fully saturated rings. The highest BCUT2D eigenvalue weighted by Crippen LogP contribution is 2.33. The Hall–Kier alpha value is -3.28. The first kappa shape index (κ1) is 17.1. The van der Waals surface area contributed by atoms with Gasteiger partial charge in [-0.1, -0.05) is 48.5 Å². The lowest BCUT2D eigenvalue weighted by atomic mass is 10.0. The molecule has 0 saturated carbocycles. The zero-order valence-electron chi connectivity index (χ0n) is 14.0. The van der Waals surface area contributed by atoms with Gasteiger partial charge < -0.3 is 9.67 Å². The SMILES string of the molecule is O=C(O)c1cc2ccc(C(F)(F)F)cc2n1Cc1cccc2ccccc12. The predicted molar refractivity (Wildman–Crippen MR) is 96.9 cm³/mol. The molecule has 0 atom stereocenters. The summed E-state index contributed by atoms with van der Waals surface area (Å²) in [5.41, 5.74) is 0.238. The van der Waals surface area contributed by atoms with Crippen LogP contribution in [-0.2, 0) is 12.7 Å². The molecule has 0 aliphatic rings. The third-order valence-corrected chi connectivity index (χ3v) is 4.66. The molecule has 0 saturated heterocycles. The van der Waals surface area contributed by atoms with Crippen LogP contribution in [0.1, 0.15) is 21.6 Å². The summed E-state index contributed by atoms with van der Waals surface area (Å²) in [5.74, 6) is -1.18. The van der Waals surface area contributed by atoms with Crippen molar-refractivity contribution in [1.82, 2.24) is 4.57 Å². The minimum Gasteiger partial charge on any atom is -0.477 e. The van der Waals surface area contributed by atoms with Crippen LogP contribution in [0.4, 0.5) is 13.2 Å². The fraction of sp³-hybridized carbons (Fsp3) is 0.0952. The van der Waals surface area contributed by atoms with Crippen LogP contribution in [0.2, 0.25) is 0 Å². The van der Waals surface area contributed by atoms with E-state index in [4.69, 9.17) is 0 Å². The summed E-state index contributed by atoms with van der Waals surface area (Å²) in [6.07, 6.45) is -4.49. The van der Waals surface area contributed by atoms with E-state index in [0.29, 0.717) is 5.39 Å². The minimum atomic E-state index is -4.49. The first-order valence-electron chi connectivity index (χ1n) is 8.25. The predicted octanol–water partition coefficient (Wildman–Crippen LogP) is 5.56. The van der Waals surface area contributed by atoms with Crippen LogP contribution in [0.3, 0.4) is 0 Å². The Morgan fingerprint density at radius 3 is 2.41 bits per heavy atom. The Morgan fingerprint density at radius 2 is 1.67 bits per heavy atom. The van der Waals surface area contributed by atoms with E-state index in [1.54, 1.807) is 0 Å².